The van der Waals surface area contributed by atoms with Gasteiger partial charge in [0, 0.05) is 26.8 Å². The number of aromatic nitrogens is 1. The largest absolute Gasteiger partial charge is 0.430 e. The van der Waals surface area contributed by atoms with Crippen molar-refractivity contribution in [2.24, 2.45) is 5.73 Å². The minimum atomic E-state index is -4.37. The maximum absolute atomic E-state index is 14.2. The molecule has 2 aromatic rings. The Kier molecular flexibility index (Phi) is 8.25. The van der Waals surface area contributed by atoms with E-state index in [1.54, 1.807) is 6.92 Å². The summed E-state index contributed by atoms with van der Waals surface area (Å²) < 4.78 is 66.1. The van der Waals surface area contributed by atoms with Gasteiger partial charge >= 0.3 is 16.2 Å². The van der Waals surface area contributed by atoms with Gasteiger partial charge in [0.05, 0.1) is 25.0 Å². The first kappa shape index (κ1) is 26.0. The molecule has 11 nitrogen and oxygen atoms in total. The first-order valence-electron chi connectivity index (χ1n) is 10.6. The molecule has 0 unspecified atom stereocenters. The molecule has 34 heavy (non-hydrogen) atoms. The summed E-state index contributed by atoms with van der Waals surface area (Å²) >= 11 is 0. The monoisotopic (exact) mass is 500 g/mol. The standard InChI is InChI=1S/C21H29FN4O7S/c1-5-31-12-19-18(30-4)10-25(6-7-32-19)34(28,29)26(21-24-16(11-33-21)20(23)27)17-9-13(2)15(22)8-14(17)3/h8-9,11,18-19H,5-7,10,12H2,1-4H3,(H2,23,27)/t18-,19+/m0/s1. The third-order valence-corrected chi connectivity index (χ3v) is 7.23. The van der Waals surface area contributed by atoms with Crippen LogP contribution in [0.2, 0.25) is 0 Å². The van der Waals surface area contributed by atoms with Crippen molar-refractivity contribution in [3.05, 3.63) is 41.0 Å². The molecule has 1 aromatic carbocycles. The number of carbonyl (C=O) groups excluding carboxylic acids is 1. The average molecular weight is 501 g/mol. The SMILES string of the molecule is CCOC[C@H]1OCCN(S(=O)(=O)N(c2nc(C(N)=O)co2)c2cc(C)c(F)cc2C)C[C@@H]1OC. The first-order valence-corrected chi connectivity index (χ1v) is 12.0. The molecule has 0 saturated carbocycles. The Hall–Kier alpha value is -2.58. The molecule has 188 valence electrons. The van der Waals surface area contributed by atoms with E-state index in [0.717, 1.165) is 10.6 Å². The minimum Gasteiger partial charge on any atom is -0.430 e. The van der Waals surface area contributed by atoms with Crippen molar-refractivity contribution in [2.75, 3.05) is 44.3 Å². The molecule has 1 aliphatic heterocycles. The van der Waals surface area contributed by atoms with Gasteiger partial charge in [-0.2, -0.15) is 22.0 Å². The van der Waals surface area contributed by atoms with Crippen molar-refractivity contribution in [3.63, 3.8) is 0 Å². The molecule has 2 N–H and O–H groups in total. The highest BCUT2D eigenvalue weighted by molar-refractivity contribution is 7.90. The van der Waals surface area contributed by atoms with E-state index < -0.39 is 40.2 Å². The van der Waals surface area contributed by atoms with E-state index in [2.05, 4.69) is 4.98 Å². The number of halogens is 1. The van der Waals surface area contributed by atoms with Gasteiger partial charge < -0.3 is 24.4 Å². The van der Waals surface area contributed by atoms with Gasteiger partial charge in [0.25, 0.3) is 5.91 Å². The summed E-state index contributed by atoms with van der Waals surface area (Å²) in [6, 6.07) is 2.18. The van der Waals surface area contributed by atoms with E-state index in [0.29, 0.717) is 12.2 Å². The zero-order valence-electron chi connectivity index (χ0n) is 19.5. The lowest BCUT2D eigenvalue weighted by molar-refractivity contribution is -0.0777. The Balaban J connectivity index is 2.07. The van der Waals surface area contributed by atoms with Gasteiger partial charge in [0.2, 0.25) is 0 Å². The quantitative estimate of drug-likeness (QED) is 0.549. The summed E-state index contributed by atoms with van der Waals surface area (Å²) in [6.45, 7) is 5.67. The summed E-state index contributed by atoms with van der Waals surface area (Å²) in [7, 11) is -2.91. The number of carbonyl (C=O) groups is 1. The second kappa shape index (κ2) is 10.8. The molecule has 0 spiro atoms. The lowest BCUT2D eigenvalue weighted by atomic mass is 10.1. The lowest BCUT2D eigenvalue weighted by Crippen LogP contribution is -2.47. The van der Waals surface area contributed by atoms with Gasteiger partial charge in [-0.3, -0.25) is 4.79 Å². The molecule has 0 aliphatic carbocycles. The van der Waals surface area contributed by atoms with Gasteiger partial charge in [-0.1, -0.05) is 0 Å². The molecule has 1 aromatic heterocycles. The van der Waals surface area contributed by atoms with E-state index in [1.807, 2.05) is 6.92 Å². The summed E-state index contributed by atoms with van der Waals surface area (Å²) in [4.78, 5) is 15.5. The number of nitrogens with zero attached hydrogens (tertiary/aromatic N) is 3. The number of primary amides is 1. The molecule has 1 amide bonds. The van der Waals surface area contributed by atoms with Gasteiger partial charge in [-0.15, -0.1) is 0 Å². The van der Waals surface area contributed by atoms with Crippen LogP contribution in [0.5, 0.6) is 0 Å². The van der Waals surface area contributed by atoms with Crippen molar-refractivity contribution in [1.29, 1.82) is 0 Å². The number of methoxy groups -OCH3 is 1. The molecule has 3 rings (SSSR count). The van der Waals surface area contributed by atoms with Crippen LogP contribution in [0.3, 0.4) is 0 Å². The summed E-state index contributed by atoms with van der Waals surface area (Å²) in [5.74, 6) is -1.38. The second-order valence-electron chi connectivity index (χ2n) is 7.74. The lowest BCUT2D eigenvalue weighted by Gasteiger charge is -2.30. The van der Waals surface area contributed by atoms with Gasteiger partial charge in [0.1, 0.15) is 18.2 Å². The molecule has 0 bridgehead atoms. The number of oxazole rings is 1. The van der Waals surface area contributed by atoms with E-state index in [-0.39, 0.29) is 43.2 Å². The number of amides is 1. The number of aryl methyl sites for hydroxylation is 2. The Morgan fingerprint density at radius 1 is 1.35 bits per heavy atom. The van der Waals surface area contributed by atoms with Crippen molar-refractivity contribution < 1.29 is 36.2 Å². The van der Waals surface area contributed by atoms with E-state index >= 15 is 0 Å². The fourth-order valence-corrected chi connectivity index (χ4v) is 5.14. The molecule has 1 saturated heterocycles. The fraction of sp³-hybridized carbons (Fsp3) is 0.524. The summed E-state index contributed by atoms with van der Waals surface area (Å²) in [5.41, 5.74) is 5.66. The van der Waals surface area contributed by atoms with E-state index in [9.17, 15) is 17.6 Å². The molecule has 0 radical (unpaired) electrons. The Morgan fingerprint density at radius 2 is 2.09 bits per heavy atom. The van der Waals surface area contributed by atoms with Crippen LogP contribution < -0.4 is 10.0 Å². The Morgan fingerprint density at radius 3 is 2.71 bits per heavy atom. The Labute approximate surface area is 197 Å². The molecular weight excluding hydrogens is 471 g/mol. The van der Waals surface area contributed by atoms with Gasteiger partial charge in [-0.05, 0) is 44.0 Å². The smallest absolute Gasteiger partial charge is 0.317 e. The van der Waals surface area contributed by atoms with Crippen LogP contribution in [0, 0.1) is 19.7 Å². The van der Waals surface area contributed by atoms with Gasteiger partial charge in [0.15, 0.2) is 5.69 Å². The maximum atomic E-state index is 14.2. The molecule has 1 aliphatic rings. The van der Waals surface area contributed by atoms with Crippen LogP contribution >= 0.6 is 0 Å². The number of hydrogen-bond donors (Lipinski definition) is 1. The third-order valence-electron chi connectivity index (χ3n) is 5.43. The minimum absolute atomic E-state index is 0.00390. The zero-order chi connectivity index (χ0) is 25.0. The molecule has 1 fully saturated rings. The van der Waals surface area contributed by atoms with Crippen molar-refractivity contribution in [1.82, 2.24) is 9.29 Å². The van der Waals surface area contributed by atoms with Crippen LogP contribution in [0.25, 0.3) is 0 Å². The highest BCUT2D eigenvalue weighted by atomic mass is 32.2. The Bertz CT molecular complexity index is 1120. The van der Waals surface area contributed by atoms with E-state index in [4.69, 9.17) is 24.4 Å². The average Bonchev–Trinajstić information content (AvgIpc) is 3.16. The van der Waals surface area contributed by atoms with Crippen LogP contribution in [0.1, 0.15) is 28.5 Å². The number of ether oxygens (including phenoxy) is 3. The van der Waals surface area contributed by atoms with Crippen LogP contribution in [0.15, 0.2) is 22.8 Å². The fourth-order valence-electron chi connectivity index (χ4n) is 3.54. The predicted octanol–water partition coefficient (Wildman–Crippen LogP) is 1.66. The highest BCUT2D eigenvalue weighted by Crippen LogP contribution is 2.34. The highest BCUT2D eigenvalue weighted by Gasteiger charge is 2.40. The van der Waals surface area contributed by atoms with Crippen molar-refractivity contribution in [2.45, 2.75) is 33.0 Å². The normalized spacial score (nSPS) is 19.7. The zero-order valence-corrected chi connectivity index (χ0v) is 20.3. The first-order chi connectivity index (χ1) is 16.1. The molecular formula is C21H29FN4O7S. The second-order valence-corrected chi connectivity index (χ2v) is 9.52. The number of benzene rings is 1. The number of rotatable bonds is 9. The molecule has 2 atom stereocenters. The maximum Gasteiger partial charge on any atom is 0.317 e. The predicted molar refractivity (Wildman–Crippen MR) is 121 cm³/mol. The van der Waals surface area contributed by atoms with Crippen LogP contribution in [0.4, 0.5) is 16.1 Å². The van der Waals surface area contributed by atoms with Crippen LogP contribution in [-0.2, 0) is 24.4 Å². The van der Waals surface area contributed by atoms with E-state index in [1.165, 1.54) is 30.5 Å². The van der Waals surface area contributed by atoms with Gasteiger partial charge in [-0.25, -0.2) is 4.39 Å². The molecule has 2 heterocycles. The number of nitrogens with two attached hydrogens (primary N) is 1. The van der Waals surface area contributed by atoms with Crippen molar-refractivity contribution in [3.8, 4) is 0 Å². The number of hydrogen-bond acceptors (Lipinski definition) is 8. The number of anilines is 2. The van der Waals surface area contributed by atoms with Crippen LogP contribution in [-0.4, -0.2) is 75.8 Å². The third kappa shape index (κ3) is 5.39. The summed E-state index contributed by atoms with van der Waals surface area (Å²) in [6.07, 6.45) is -0.128. The topological polar surface area (TPSA) is 137 Å². The summed E-state index contributed by atoms with van der Waals surface area (Å²) in [5, 5.41) is 0. The molecule has 13 heteroatoms. The van der Waals surface area contributed by atoms with Crippen molar-refractivity contribution >= 4 is 27.8 Å².